The molecule has 0 spiro atoms. The van der Waals surface area contributed by atoms with Gasteiger partial charge in [-0.1, -0.05) is 29.8 Å². The number of sulfonamides is 1. The van der Waals surface area contributed by atoms with Crippen molar-refractivity contribution in [2.45, 2.75) is 31.1 Å². The molecule has 5 nitrogen and oxygen atoms in total. The molecular formula is C18H21FN2O3S. The fraction of sp³-hybridized carbons (Fsp3) is 0.278. The number of unbranched alkanes of at least 4 members (excludes halogenated alkanes) is 1. The highest BCUT2D eigenvalue weighted by Gasteiger charge is 2.16. The number of halogens is 1. The van der Waals surface area contributed by atoms with E-state index in [0.29, 0.717) is 13.0 Å². The number of nitrogens with one attached hydrogen (secondary N) is 2. The SMILES string of the molecule is Cc1ccc(S(=O)(=O)NC(=O)NCCCCc2ccc(F)cc2)cc1. The molecule has 0 bridgehead atoms. The van der Waals surface area contributed by atoms with Crippen LogP contribution in [0.4, 0.5) is 9.18 Å². The Morgan fingerprint density at radius 3 is 2.28 bits per heavy atom. The van der Waals surface area contributed by atoms with Gasteiger partial charge in [-0.25, -0.2) is 22.3 Å². The van der Waals surface area contributed by atoms with Gasteiger partial charge in [0.05, 0.1) is 4.90 Å². The van der Waals surface area contributed by atoms with Crippen molar-refractivity contribution in [3.63, 3.8) is 0 Å². The van der Waals surface area contributed by atoms with Gasteiger partial charge in [-0.2, -0.15) is 0 Å². The summed E-state index contributed by atoms with van der Waals surface area (Å²) in [6, 6.07) is 11.8. The van der Waals surface area contributed by atoms with Crippen LogP contribution in [0.1, 0.15) is 24.0 Å². The minimum Gasteiger partial charge on any atom is -0.337 e. The Hall–Kier alpha value is -2.41. The molecule has 0 saturated heterocycles. The van der Waals surface area contributed by atoms with Gasteiger partial charge < -0.3 is 5.32 Å². The van der Waals surface area contributed by atoms with Crippen molar-refractivity contribution in [1.29, 1.82) is 0 Å². The quantitative estimate of drug-likeness (QED) is 0.741. The van der Waals surface area contributed by atoms with Gasteiger partial charge >= 0.3 is 6.03 Å². The van der Waals surface area contributed by atoms with E-state index in [2.05, 4.69) is 5.32 Å². The molecule has 2 aromatic carbocycles. The van der Waals surface area contributed by atoms with E-state index in [-0.39, 0.29) is 10.7 Å². The minimum atomic E-state index is -3.86. The maximum atomic E-state index is 12.8. The second-order valence-electron chi connectivity index (χ2n) is 5.76. The van der Waals surface area contributed by atoms with E-state index in [1.54, 1.807) is 24.3 Å². The highest BCUT2D eigenvalue weighted by atomic mass is 32.2. The largest absolute Gasteiger partial charge is 0.337 e. The molecular weight excluding hydrogens is 343 g/mol. The monoisotopic (exact) mass is 364 g/mol. The molecule has 25 heavy (non-hydrogen) atoms. The van der Waals surface area contributed by atoms with E-state index in [4.69, 9.17) is 0 Å². The van der Waals surface area contributed by atoms with Crippen molar-refractivity contribution in [3.8, 4) is 0 Å². The molecule has 0 heterocycles. The summed E-state index contributed by atoms with van der Waals surface area (Å²) in [7, 11) is -3.86. The molecule has 0 aliphatic rings. The van der Waals surface area contributed by atoms with Crippen LogP contribution in [0.15, 0.2) is 53.4 Å². The number of aryl methyl sites for hydroxylation is 2. The molecule has 0 saturated carbocycles. The third kappa shape index (κ3) is 6.19. The Labute approximate surface area is 147 Å². The average Bonchev–Trinajstić information content (AvgIpc) is 2.56. The number of amides is 2. The van der Waals surface area contributed by atoms with E-state index in [1.165, 1.54) is 24.3 Å². The van der Waals surface area contributed by atoms with Gasteiger partial charge in [-0.05, 0) is 56.0 Å². The first-order valence-corrected chi connectivity index (χ1v) is 9.47. The zero-order valence-electron chi connectivity index (χ0n) is 14.0. The maximum absolute atomic E-state index is 12.8. The molecule has 7 heteroatoms. The van der Waals surface area contributed by atoms with Gasteiger partial charge in [0.15, 0.2) is 0 Å². The van der Waals surface area contributed by atoms with Crippen LogP contribution in [0.5, 0.6) is 0 Å². The van der Waals surface area contributed by atoms with E-state index >= 15 is 0 Å². The van der Waals surface area contributed by atoms with Gasteiger partial charge in [-0.15, -0.1) is 0 Å². The van der Waals surface area contributed by atoms with Gasteiger partial charge in [0.1, 0.15) is 5.82 Å². The number of hydrogen-bond acceptors (Lipinski definition) is 3. The summed E-state index contributed by atoms with van der Waals surface area (Å²) in [6.07, 6.45) is 2.26. The molecule has 0 atom stereocenters. The fourth-order valence-corrected chi connectivity index (χ4v) is 3.17. The Bertz CT molecular complexity index is 803. The van der Waals surface area contributed by atoms with Gasteiger partial charge in [-0.3, -0.25) is 0 Å². The van der Waals surface area contributed by atoms with Crippen LogP contribution in [0.2, 0.25) is 0 Å². The van der Waals surface area contributed by atoms with E-state index < -0.39 is 16.1 Å². The first-order valence-electron chi connectivity index (χ1n) is 7.98. The molecule has 0 radical (unpaired) electrons. The van der Waals surface area contributed by atoms with Crippen molar-refractivity contribution in [3.05, 3.63) is 65.5 Å². The Morgan fingerprint density at radius 2 is 1.64 bits per heavy atom. The summed E-state index contributed by atoms with van der Waals surface area (Å²) < 4.78 is 38.9. The smallest absolute Gasteiger partial charge is 0.328 e. The highest BCUT2D eigenvalue weighted by Crippen LogP contribution is 2.10. The average molecular weight is 364 g/mol. The number of benzene rings is 2. The lowest BCUT2D eigenvalue weighted by Crippen LogP contribution is -2.39. The summed E-state index contributed by atoms with van der Waals surface area (Å²) in [4.78, 5) is 11.8. The van der Waals surface area contributed by atoms with Gasteiger partial charge in [0.2, 0.25) is 0 Å². The maximum Gasteiger partial charge on any atom is 0.328 e. The van der Waals surface area contributed by atoms with Crippen molar-refractivity contribution in [1.82, 2.24) is 10.0 Å². The zero-order valence-corrected chi connectivity index (χ0v) is 14.8. The molecule has 0 aliphatic carbocycles. The van der Waals surface area contributed by atoms with E-state index in [1.807, 2.05) is 11.6 Å². The summed E-state index contributed by atoms with van der Waals surface area (Å²) in [5, 5.41) is 2.53. The zero-order chi connectivity index (χ0) is 18.3. The highest BCUT2D eigenvalue weighted by molar-refractivity contribution is 7.90. The first kappa shape index (κ1) is 18.9. The number of carbonyl (C=O) groups excluding carboxylic acids is 1. The molecule has 0 aromatic heterocycles. The number of carbonyl (C=O) groups is 1. The molecule has 2 aromatic rings. The number of hydrogen-bond donors (Lipinski definition) is 2. The van der Waals surface area contributed by atoms with Crippen LogP contribution in [0, 0.1) is 12.7 Å². The normalized spacial score (nSPS) is 11.1. The molecule has 2 rings (SSSR count). The van der Waals surface area contributed by atoms with Crippen LogP contribution in [0.3, 0.4) is 0 Å². The van der Waals surface area contributed by atoms with Gasteiger partial charge in [0.25, 0.3) is 10.0 Å². The lowest BCUT2D eigenvalue weighted by molar-refractivity contribution is 0.245. The lowest BCUT2D eigenvalue weighted by Gasteiger charge is -2.09. The molecule has 134 valence electrons. The van der Waals surface area contributed by atoms with Crippen molar-refractivity contribution in [2.75, 3.05) is 6.54 Å². The number of urea groups is 1. The lowest BCUT2D eigenvalue weighted by atomic mass is 10.1. The predicted molar refractivity (Wildman–Crippen MR) is 94.2 cm³/mol. The van der Waals surface area contributed by atoms with Crippen LogP contribution >= 0.6 is 0 Å². The Morgan fingerprint density at radius 1 is 1.00 bits per heavy atom. The number of rotatable bonds is 7. The summed E-state index contributed by atoms with van der Waals surface area (Å²) >= 11 is 0. The molecule has 0 aliphatic heterocycles. The van der Waals surface area contributed by atoms with Crippen LogP contribution in [-0.2, 0) is 16.4 Å². The summed E-state index contributed by atoms with van der Waals surface area (Å²) in [5.41, 5.74) is 1.96. The summed E-state index contributed by atoms with van der Waals surface area (Å²) in [5.74, 6) is -0.267. The van der Waals surface area contributed by atoms with Gasteiger partial charge in [0, 0.05) is 6.54 Å². The van der Waals surface area contributed by atoms with E-state index in [0.717, 1.165) is 24.0 Å². The predicted octanol–water partition coefficient (Wildman–Crippen LogP) is 3.14. The van der Waals surface area contributed by atoms with Crippen LogP contribution in [-0.4, -0.2) is 21.0 Å². The van der Waals surface area contributed by atoms with Crippen LogP contribution in [0.25, 0.3) is 0 Å². The van der Waals surface area contributed by atoms with Crippen molar-refractivity contribution < 1.29 is 17.6 Å². The van der Waals surface area contributed by atoms with E-state index in [9.17, 15) is 17.6 Å². The van der Waals surface area contributed by atoms with Crippen molar-refractivity contribution in [2.24, 2.45) is 0 Å². The molecule has 2 amide bonds. The minimum absolute atomic E-state index is 0.0459. The Kier molecular flexibility index (Phi) is 6.52. The fourth-order valence-electron chi connectivity index (χ4n) is 2.24. The Balaban J connectivity index is 1.71. The second-order valence-corrected chi connectivity index (χ2v) is 7.44. The third-order valence-corrected chi connectivity index (χ3v) is 5.00. The van der Waals surface area contributed by atoms with Crippen LogP contribution < -0.4 is 10.0 Å². The summed E-state index contributed by atoms with van der Waals surface area (Å²) in [6.45, 7) is 2.21. The molecule has 0 fully saturated rings. The second kappa shape index (κ2) is 8.62. The standard InChI is InChI=1S/C18H21FN2O3S/c1-14-5-11-17(12-6-14)25(23,24)21-18(22)20-13-3-2-4-15-7-9-16(19)10-8-15/h5-12H,2-4,13H2,1H3,(H2,20,21,22). The molecule has 0 unspecified atom stereocenters. The third-order valence-electron chi connectivity index (χ3n) is 3.65. The molecule has 2 N–H and O–H groups in total. The topological polar surface area (TPSA) is 75.3 Å². The first-order chi connectivity index (χ1) is 11.9. The van der Waals surface area contributed by atoms with Crippen molar-refractivity contribution >= 4 is 16.1 Å².